The predicted octanol–water partition coefficient (Wildman–Crippen LogP) is -0.102. The molecule has 1 saturated heterocycles. The summed E-state index contributed by atoms with van der Waals surface area (Å²) in [6.45, 7) is 1.14. The number of aromatic nitrogens is 2. The van der Waals surface area contributed by atoms with Gasteiger partial charge in [0, 0.05) is 12.0 Å². The van der Waals surface area contributed by atoms with Gasteiger partial charge < -0.3 is 10.5 Å². The number of hydrogen-bond acceptors (Lipinski definition) is 5. The van der Waals surface area contributed by atoms with Crippen LogP contribution in [0.5, 0.6) is 0 Å². The molecule has 7 heteroatoms. The van der Waals surface area contributed by atoms with Crippen molar-refractivity contribution in [2.75, 3.05) is 23.8 Å². The third-order valence-corrected chi connectivity index (χ3v) is 5.17. The van der Waals surface area contributed by atoms with Crippen molar-refractivity contribution in [3.63, 3.8) is 0 Å². The van der Waals surface area contributed by atoms with Crippen LogP contribution in [0.15, 0.2) is 0 Å². The third kappa shape index (κ3) is 1.83. The lowest BCUT2D eigenvalue weighted by atomic mass is 10.1. The molecular formula is C10H15N3O3S. The van der Waals surface area contributed by atoms with E-state index in [0.717, 1.165) is 17.7 Å². The highest BCUT2D eigenvalue weighted by molar-refractivity contribution is 7.91. The molecule has 1 atom stereocenters. The Kier molecular flexibility index (Phi) is 2.41. The van der Waals surface area contributed by atoms with Crippen LogP contribution in [0.25, 0.3) is 0 Å². The summed E-state index contributed by atoms with van der Waals surface area (Å²) in [5.41, 5.74) is 7.93. The summed E-state index contributed by atoms with van der Waals surface area (Å²) in [6, 6.07) is -0.106. The fourth-order valence-corrected chi connectivity index (χ4v) is 4.20. The number of sulfone groups is 1. The van der Waals surface area contributed by atoms with E-state index in [1.54, 1.807) is 4.68 Å². The van der Waals surface area contributed by atoms with Crippen LogP contribution < -0.4 is 5.73 Å². The SMILES string of the molecule is Nc1c2c(nn1C1CCS(=O)(=O)C1)COCC2. The van der Waals surface area contributed by atoms with E-state index in [-0.39, 0.29) is 17.5 Å². The maximum Gasteiger partial charge on any atom is 0.152 e. The molecule has 0 aromatic carbocycles. The van der Waals surface area contributed by atoms with E-state index in [9.17, 15) is 8.42 Å². The summed E-state index contributed by atoms with van der Waals surface area (Å²) >= 11 is 0. The molecule has 2 aliphatic heterocycles. The van der Waals surface area contributed by atoms with E-state index in [4.69, 9.17) is 10.5 Å². The Morgan fingerprint density at radius 2 is 2.29 bits per heavy atom. The van der Waals surface area contributed by atoms with Crippen LogP contribution in [-0.4, -0.2) is 36.3 Å². The van der Waals surface area contributed by atoms with Crippen molar-refractivity contribution in [2.45, 2.75) is 25.5 Å². The van der Waals surface area contributed by atoms with Gasteiger partial charge in [-0.2, -0.15) is 5.10 Å². The molecule has 0 amide bonds. The van der Waals surface area contributed by atoms with Crippen molar-refractivity contribution in [1.82, 2.24) is 9.78 Å². The number of hydrogen-bond donors (Lipinski definition) is 1. The average Bonchev–Trinajstić information content (AvgIpc) is 2.81. The molecule has 1 unspecified atom stereocenters. The Labute approximate surface area is 99.7 Å². The maximum atomic E-state index is 11.5. The molecular weight excluding hydrogens is 242 g/mol. The fraction of sp³-hybridized carbons (Fsp3) is 0.700. The zero-order valence-electron chi connectivity index (χ0n) is 9.42. The maximum absolute atomic E-state index is 11.5. The first kappa shape index (κ1) is 11.0. The Morgan fingerprint density at radius 1 is 1.47 bits per heavy atom. The quantitative estimate of drug-likeness (QED) is 0.759. The second-order valence-corrected chi connectivity index (χ2v) is 6.84. The van der Waals surface area contributed by atoms with Crippen molar-refractivity contribution in [3.8, 4) is 0 Å². The molecule has 0 radical (unpaired) electrons. The molecule has 6 nitrogen and oxygen atoms in total. The van der Waals surface area contributed by atoms with E-state index in [1.807, 2.05) is 0 Å². The molecule has 1 aromatic rings. The first-order valence-electron chi connectivity index (χ1n) is 5.71. The molecule has 2 aliphatic rings. The number of nitrogen functional groups attached to an aromatic ring is 1. The van der Waals surface area contributed by atoms with E-state index >= 15 is 0 Å². The summed E-state index contributed by atoms with van der Waals surface area (Å²) in [6.07, 6.45) is 1.37. The van der Waals surface area contributed by atoms with Crippen molar-refractivity contribution in [2.24, 2.45) is 0 Å². The minimum absolute atomic E-state index is 0.106. The van der Waals surface area contributed by atoms with Gasteiger partial charge in [0.2, 0.25) is 0 Å². The van der Waals surface area contributed by atoms with Gasteiger partial charge in [-0.15, -0.1) is 0 Å². The lowest BCUT2D eigenvalue weighted by molar-refractivity contribution is 0.108. The van der Waals surface area contributed by atoms with Gasteiger partial charge >= 0.3 is 0 Å². The molecule has 0 aliphatic carbocycles. The molecule has 0 saturated carbocycles. The Hall–Kier alpha value is -1.08. The zero-order chi connectivity index (χ0) is 12.0. The summed E-state index contributed by atoms with van der Waals surface area (Å²) in [7, 11) is -2.91. The van der Waals surface area contributed by atoms with Gasteiger partial charge in [-0.25, -0.2) is 13.1 Å². The van der Waals surface area contributed by atoms with Crippen LogP contribution in [0.3, 0.4) is 0 Å². The van der Waals surface area contributed by atoms with Crippen LogP contribution >= 0.6 is 0 Å². The molecule has 0 bridgehead atoms. The lowest BCUT2D eigenvalue weighted by Gasteiger charge is -2.11. The minimum Gasteiger partial charge on any atom is -0.384 e. The highest BCUT2D eigenvalue weighted by atomic mass is 32.2. The van der Waals surface area contributed by atoms with E-state index < -0.39 is 9.84 Å². The summed E-state index contributed by atoms with van der Waals surface area (Å²) in [4.78, 5) is 0. The minimum atomic E-state index is -2.91. The highest BCUT2D eigenvalue weighted by Gasteiger charge is 2.32. The van der Waals surface area contributed by atoms with Gasteiger partial charge in [-0.3, -0.25) is 0 Å². The number of fused-ring (bicyclic) bond motifs is 1. The van der Waals surface area contributed by atoms with Crippen LogP contribution in [0.1, 0.15) is 23.7 Å². The zero-order valence-corrected chi connectivity index (χ0v) is 10.2. The number of rotatable bonds is 1. The fourth-order valence-electron chi connectivity index (χ4n) is 2.51. The number of ether oxygens (including phenoxy) is 1. The Morgan fingerprint density at radius 3 is 2.94 bits per heavy atom. The summed E-state index contributed by atoms with van der Waals surface area (Å²) < 4.78 is 29.9. The molecule has 3 heterocycles. The van der Waals surface area contributed by atoms with Crippen LogP contribution in [0.4, 0.5) is 5.82 Å². The van der Waals surface area contributed by atoms with Crippen molar-refractivity contribution in [1.29, 1.82) is 0 Å². The second-order valence-electron chi connectivity index (χ2n) is 4.61. The van der Waals surface area contributed by atoms with Crippen LogP contribution in [0, 0.1) is 0 Å². The molecule has 3 rings (SSSR count). The molecule has 94 valence electrons. The highest BCUT2D eigenvalue weighted by Crippen LogP contribution is 2.30. The summed E-state index contributed by atoms with van der Waals surface area (Å²) in [5.74, 6) is 1.00. The number of nitrogens with two attached hydrogens (primary N) is 1. The van der Waals surface area contributed by atoms with Crippen molar-refractivity contribution in [3.05, 3.63) is 11.3 Å². The van der Waals surface area contributed by atoms with Crippen LogP contribution in [-0.2, 0) is 27.6 Å². The number of nitrogens with zero attached hydrogens (tertiary/aromatic N) is 2. The van der Waals surface area contributed by atoms with E-state index in [0.29, 0.717) is 25.5 Å². The van der Waals surface area contributed by atoms with Gasteiger partial charge in [-0.1, -0.05) is 0 Å². The average molecular weight is 257 g/mol. The van der Waals surface area contributed by atoms with Gasteiger partial charge in [-0.05, 0) is 6.42 Å². The predicted molar refractivity (Wildman–Crippen MR) is 62.3 cm³/mol. The van der Waals surface area contributed by atoms with Crippen molar-refractivity contribution < 1.29 is 13.2 Å². The summed E-state index contributed by atoms with van der Waals surface area (Å²) in [5, 5.41) is 4.40. The topological polar surface area (TPSA) is 87.2 Å². The van der Waals surface area contributed by atoms with Gasteiger partial charge in [0.25, 0.3) is 0 Å². The van der Waals surface area contributed by atoms with Crippen molar-refractivity contribution >= 4 is 15.7 Å². The number of anilines is 1. The van der Waals surface area contributed by atoms with Gasteiger partial charge in [0.1, 0.15) is 5.82 Å². The van der Waals surface area contributed by atoms with E-state index in [1.165, 1.54) is 0 Å². The smallest absolute Gasteiger partial charge is 0.152 e. The molecule has 2 N–H and O–H groups in total. The largest absolute Gasteiger partial charge is 0.384 e. The standard InChI is InChI=1S/C10H15N3O3S/c11-10-8-1-3-16-5-9(8)12-13(10)7-2-4-17(14,15)6-7/h7H,1-6,11H2. The monoisotopic (exact) mass is 257 g/mol. The van der Waals surface area contributed by atoms with Gasteiger partial charge in [0.15, 0.2) is 9.84 Å². The molecule has 17 heavy (non-hydrogen) atoms. The first-order valence-corrected chi connectivity index (χ1v) is 7.53. The molecule has 1 aromatic heterocycles. The van der Waals surface area contributed by atoms with Gasteiger partial charge in [0.05, 0.1) is 36.5 Å². The Balaban J connectivity index is 1.96. The van der Waals surface area contributed by atoms with Crippen LogP contribution in [0.2, 0.25) is 0 Å². The lowest BCUT2D eigenvalue weighted by Crippen LogP contribution is -2.15. The Bertz CT molecular complexity index is 549. The van der Waals surface area contributed by atoms with E-state index in [2.05, 4.69) is 5.10 Å². The molecule has 0 spiro atoms. The first-order chi connectivity index (χ1) is 8.07. The third-order valence-electron chi connectivity index (χ3n) is 3.42. The normalized spacial score (nSPS) is 26.9. The second kappa shape index (κ2) is 3.71. The molecule has 1 fully saturated rings.